The Bertz CT molecular complexity index is 496. The second-order valence-electron chi connectivity index (χ2n) is 2.92. The van der Waals surface area contributed by atoms with Crippen LogP contribution in [0, 0.1) is 7.05 Å². The van der Waals surface area contributed by atoms with Gasteiger partial charge in [0.2, 0.25) is 0 Å². The van der Waals surface area contributed by atoms with Crippen LogP contribution in [-0.4, -0.2) is 20.6 Å². The molecule has 15 heavy (non-hydrogen) atoms. The molecule has 1 rings (SSSR count). The molecule has 0 atom stereocenters. The average molecular weight is 247 g/mol. The summed E-state index contributed by atoms with van der Waals surface area (Å²) in [5.74, 6) is -0.458. The van der Waals surface area contributed by atoms with E-state index in [1.807, 2.05) is 0 Å². The van der Waals surface area contributed by atoms with E-state index in [0.29, 0.717) is 0 Å². The van der Waals surface area contributed by atoms with Crippen LogP contribution in [0.15, 0.2) is 23.1 Å². The van der Waals surface area contributed by atoms with Crippen molar-refractivity contribution in [1.82, 2.24) is 5.32 Å². The van der Waals surface area contributed by atoms with Crippen LogP contribution in [0.5, 0.6) is 0 Å². The molecule has 6 heteroatoms. The second kappa shape index (κ2) is 4.20. The molecule has 0 spiro atoms. The fourth-order valence-electron chi connectivity index (χ4n) is 1.01. The van der Waals surface area contributed by atoms with Gasteiger partial charge in [-0.2, -0.15) is 0 Å². The summed E-state index contributed by atoms with van der Waals surface area (Å²) >= 11 is 5.76. The van der Waals surface area contributed by atoms with Crippen molar-refractivity contribution in [2.24, 2.45) is 0 Å². The molecule has 0 fully saturated rings. The predicted octanol–water partition coefficient (Wildman–Crippen LogP) is 1.26. The molecule has 1 amide bonds. The van der Waals surface area contributed by atoms with Gasteiger partial charge < -0.3 is 5.32 Å². The minimum absolute atomic E-state index is 0.0770. The first-order valence-corrected chi connectivity index (χ1v) is 6.20. The van der Waals surface area contributed by atoms with Gasteiger partial charge in [0.15, 0.2) is 9.84 Å². The van der Waals surface area contributed by atoms with Crippen molar-refractivity contribution >= 4 is 27.3 Å². The molecule has 0 saturated carbocycles. The molecule has 0 bridgehead atoms. The molecule has 0 saturated heterocycles. The highest BCUT2D eigenvalue weighted by molar-refractivity contribution is 7.90. The van der Waals surface area contributed by atoms with E-state index in [1.54, 1.807) is 0 Å². The first kappa shape index (κ1) is 12.0. The van der Waals surface area contributed by atoms with Gasteiger partial charge in [-0.3, -0.25) is 4.79 Å². The normalized spacial score (nSPS) is 11.1. The van der Waals surface area contributed by atoms with Crippen LogP contribution >= 0.6 is 11.6 Å². The van der Waals surface area contributed by atoms with Gasteiger partial charge >= 0.3 is 0 Å². The van der Waals surface area contributed by atoms with Gasteiger partial charge in [0.1, 0.15) is 0 Å². The number of carbonyl (C=O) groups is 1. The van der Waals surface area contributed by atoms with Crippen LogP contribution in [0.4, 0.5) is 0 Å². The summed E-state index contributed by atoms with van der Waals surface area (Å²) in [6.45, 7) is 0. The number of benzene rings is 1. The van der Waals surface area contributed by atoms with Gasteiger partial charge in [0.05, 0.1) is 15.5 Å². The van der Waals surface area contributed by atoms with Gasteiger partial charge in [-0.15, -0.1) is 0 Å². The molecule has 4 nitrogen and oxygen atoms in total. The average Bonchev–Trinajstić information content (AvgIpc) is 2.15. The summed E-state index contributed by atoms with van der Waals surface area (Å²) in [5.41, 5.74) is 0.194. The zero-order chi connectivity index (χ0) is 11.6. The topological polar surface area (TPSA) is 63.2 Å². The van der Waals surface area contributed by atoms with Gasteiger partial charge in [-0.1, -0.05) is 11.6 Å². The zero-order valence-corrected chi connectivity index (χ0v) is 9.52. The van der Waals surface area contributed by atoms with Crippen LogP contribution < -0.4 is 5.32 Å². The predicted molar refractivity (Wildman–Crippen MR) is 57.4 cm³/mol. The van der Waals surface area contributed by atoms with Crippen molar-refractivity contribution in [3.8, 4) is 0 Å². The Hall–Kier alpha value is -1.07. The maximum atomic E-state index is 11.2. The summed E-state index contributed by atoms with van der Waals surface area (Å²) in [5, 5.41) is 2.24. The molecule has 1 aromatic rings. The molecule has 0 unspecified atom stereocenters. The van der Waals surface area contributed by atoms with Crippen molar-refractivity contribution in [3.05, 3.63) is 35.8 Å². The number of nitrogens with one attached hydrogen (secondary N) is 1. The number of carbonyl (C=O) groups excluding carboxylic acids is 1. The fraction of sp³-hybridized carbons (Fsp3) is 0.111. The lowest BCUT2D eigenvalue weighted by atomic mass is 10.2. The number of hydrogen-bond acceptors (Lipinski definition) is 3. The number of rotatable bonds is 2. The minimum atomic E-state index is -3.31. The molecule has 1 N–H and O–H groups in total. The monoisotopic (exact) mass is 246 g/mol. The number of sulfone groups is 1. The Morgan fingerprint density at radius 3 is 2.47 bits per heavy atom. The van der Waals surface area contributed by atoms with Crippen molar-refractivity contribution in [1.29, 1.82) is 0 Å². The van der Waals surface area contributed by atoms with Gasteiger partial charge in [0.25, 0.3) is 5.91 Å². The summed E-state index contributed by atoms with van der Waals surface area (Å²) in [6, 6.07) is 3.91. The maximum absolute atomic E-state index is 11.2. The van der Waals surface area contributed by atoms with Crippen molar-refractivity contribution in [2.45, 2.75) is 4.90 Å². The smallest absolute Gasteiger partial charge is 0.252 e. The molecule has 0 aliphatic rings. The molecule has 0 aromatic heterocycles. The van der Waals surface area contributed by atoms with E-state index in [0.717, 1.165) is 6.26 Å². The molecule has 1 radical (unpaired) electrons. The lowest BCUT2D eigenvalue weighted by molar-refractivity contribution is 0.0969. The molecule has 1 aromatic carbocycles. The third-order valence-corrected chi connectivity index (χ3v) is 3.20. The summed E-state index contributed by atoms with van der Waals surface area (Å²) in [7, 11) is -0.108. The summed E-state index contributed by atoms with van der Waals surface area (Å²) in [6.07, 6.45) is 1.07. The van der Waals surface area contributed by atoms with E-state index in [2.05, 4.69) is 12.4 Å². The number of amides is 1. The van der Waals surface area contributed by atoms with Gasteiger partial charge in [-0.25, -0.2) is 8.42 Å². The van der Waals surface area contributed by atoms with Crippen molar-refractivity contribution in [2.75, 3.05) is 6.26 Å². The van der Waals surface area contributed by atoms with Crippen molar-refractivity contribution < 1.29 is 13.2 Å². The third kappa shape index (κ3) is 2.70. The Morgan fingerprint density at radius 2 is 2.07 bits per heavy atom. The zero-order valence-electron chi connectivity index (χ0n) is 7.95. The Morgan fingerprint density at radius 1 is 1.47 bits per heavy atom. The largest absolute Gasteiger partial charge is 0.350 e. The Kier molecular flexibility index (Phi) is 3.36. The molecule has 0 heterocycles. The lowest BCUT2D eigenvalue weighted by Crippen LogP contribution is -2.16. The standard InChI is InChI=1S/C9H9ClNO3S/c1-11-9(12)7-4-3-6(5-8(7)10)15(2,13)14/h3-5H,1H2,2H3,(H,11,12). The number of halogens is 1. The van der Waals surface area contributed by atoms with E-state index in [9.17, 15) is 13.2 Å². The van der Waals surface area contributed by atoms with E-state index in [4.69, 9.17) is 11.6 Å². The van der Waals surface area contributed by atoms with E-state index in [1.165, 1.54) is 18.2 Å². The van der Waals surface area contributed by atoms with Crippen LogP contribution in [-0.2, 0) is 9.84 Å². The first-order valence-electron chi connectivity index (χ1n) is 3.93. The van der Waals surface area contributed by atoms with Crippen LogP contribution in [0.1, 0.15) is 10.4 Å². The van der Waals surface area contributed by atoms with Gasteiger partial charge in [0, 0.05) is 13.3 Å². The minimum Gasteiger partial charge on any atom is -0.350 e. The summed E-state index contributed by atoms with van der Waals surface area (Å²) in [4.78, 5) is 11.3. The molecule has 81 valence electrons. The number of hydrogen-bond donors (Lipinski definition) is 1. The lowest BCUT2D eigenvalue weighted by Gasteiger charge is -2.04. The molecule has 0 aliphatic heterocycles. The van der Waals surface area contributed by atoms with Gasteiger partial charge in [-0.05, 0) is 18.2 Å². The fourth-order valence-corrected chi connectivity index (χ4v) is 1.98. The van der Waals surface area contributed by atoms with Crippen LogP contribution in [0.2, 0.25) is 5.02 Å². The maximum Gasteiger partial charge on any atom is 0.252 e. The molecular weight excluding hydrogens is 238 g/mol. The SMILES string of the molecule is [CH2]NC(=O)c1ccc(S(C)(=O)=O)cc1Cl. The Balaban J connectivity index is 3.27. The highest BCUT2D eigenvalue weighted by Crippen LogP contribution is 2.20. The summed E-state index contributed by atoms with van der Waals surface area (Å²) < 4.78 is 22.3. The highest BCUT2D eigenvalue weighted by Gasteiger charge is 2.13. The van der Waals surface area contributed by atoms with E-state index >= 15 is 0 Å². The van der Waals surface area contributed by atoms with Crippen molar-refractivity contribution in [3.63, 3.8) is 0 Å². The van der Waals surface area contributed by atoms with E-state index in [-0.39, 0.29) is 15.5 Å². The second-order valence-corrected chi connectivity index (χ2v) is 5.34. The Labute approximate surface area is 93.2 Å². The highest BCUT2D eigenvalue weighted by atomic mass is 35.5. The quantitative estimate of drug-likeness (QED) is 0.855. The third-order valence-electron chi connectivity index (χ3n) is 1.77. The van der Waals surface area contributed by atoms with Crippen LogP contribution in [0.3, 0.4) is 0 Å². The van der Waals surface area contributed by atoms with E-state index < -0.39 is 15.7 Å². The molecule has 0 aliphatic carbocycles. The molecular formula is C9H9ClNO3S. The first-order chi connectivity index (χ1) is 6.86. The van der Waals surface area contributed by atoms with Crippen LogP contribution in [0.25, 0.3) is 0 Å².